The van der Waals surface area contributed by atoms with Crippen LogP contribution in [0, 0.1) is 5.21 Å². The molecule has 0 saturated heterocycles. The van der Waals surface area contributed by atoms with Crippen molar-refractivity contribution >= 4 is 19.7 Å². The van der Waals surface area contributed by atoms with Crippen LogP contribution in [0.4, 0.5) is 0 Å². The lowest BCUT2D eigenvalue weighted by molar-refractivity contribution is -0.646. The third kappa shape index (κ3) is 1.81. The highest BCUT2D eigenvalue weighted by molar-refractivity contribution is 8.13. The molecule has 0 radical (unpaired) electrons. The Morgan fingerprint density at radius 2 is 2.09 bits per heavy atom. The number of aromatic nitrogens is 1. The zero-order chi connectivity index (χ0) is 8.48. The molecular weight excluding hydrogens is 190 g/mol. The van der Waals surface area contributed by atoms with Crippen molar-refractivity contribution in [2.45, 2.75) is 5.03 Å². The van der Waals surface area contributed by atoms with Crippen molar-refractivity contribution in [3.63, 3.8) is 0 Å². The van der Waals surface area contributed by atoms with E-state index in [1.165, 1.54) is 12.1 Å². The van der Waals surface area contributed by atoms with Crippen molar-refractivity contribution < 1.29 is 13.1 Å². The fourth-order valence-corrected chi connectivity index (χ4v) is 1.48. The van der Waals surface area contributed by atoms with Gasteiger partial charge >= 0.3 is 14.1 Å². The van der Waals surface area contributed by atoms with Crippen LogP contribution in [0.5, 0.6) is 0 Å². The molecule has 0 amide bonds. The van der Waals surface area contributed by atoms with Gasteiger partial charge in [-0.25, -0.2) is 8.42 Å². The molecule has 6 heteroatoms. The molecular formula is C5H4ClNO3S. The van der Waals surface area contributed by atoms with Gasteiger partial charge in [0.2, 0.25) is 0 Å². The van der Waals surface area contributed by atoms with E-state index in [4.69, 9.17) is 10.7 Å². The van der Waals surface area contributed by atoms with Gasteiger partial charge in [0.05, 0.1) is 0 Å². The summed E-state index contributed by atoms with van der Waals surface area (Å²) in [5.41, 5.74) is 0. The van der Waals surface area contributed by atoms with Crippen LogP contribution in [0.2, 0.25) is 0 Å². The highest BCUT2D eigenvalue weighted by Crippen LogP contribution is 2.07. The van der Waals surface area contributed by atoms with E-state index in [9.17, 15) is 13.6 Å². The largest absolute Gasteiger partial charge is 0.618 e. The van der Waals surface area contributed by atoms with Crippen LogP contribution in [-0.2, 0) is 9.05 Å². The maximum absolute atomic E-state index is 10.7. The molecule has 11 heavy (non-hydrogen) atoms. The Balaban J connectivity index is 3.37. The first-order valence-corrected chi connectivity index (χ1v) is 4.95. The van der Waals surface area contributed by atoms with Gasteiger partial charge in [0.1, 0.15) is 0 Å². The van der Waals surface area contributed by atoms with Crippen LogP contribution in [-0.4, -0.2) is 8.42 Å². The van der Waals surface area contributed by atoms with Gasteiger partial charge in [-0.2, -0.15) is 4.73 Å². The summed E-state index contributed by atoms with van der Waals surface area (Å²) in [5.74, 6) is 0. The minimum atomic E-state index is -3.91. The predicted octanol–water partition coefficient (Wildman–Crippen LogP) is 0.248. The van der Waals surface area contributed by atoms with Gasteiger partial charge in [-0.1, -0.05) is 0 Å². The smallest absolute Gasteiger partial charge is 0.323 e. The average molecular weight is 194 g/mol. The molecule has 0 atom stereocenters. The number of hydrogen-bond acceptors (Lipinski definition) is 3. The first-order chi connectivity index (χ1) is 5.02. The summed E-state index contributed by atoms with van der Waals surface area (Å²) in [4.78, 5) is 0. The summed E-state index contributed by atoms with van der Waals surface area (Å²) >= 11 is 0. The summed E-state index contributed by atoms with van der Waals surface area (Å²) in [5, 5.41) is 10.3. The molecule has 0 N–H and O–H groups in total. The van der Waals surface area contributed by atoms with Crippen molar-refractivity contribution in [1.82, 2.24) is 0 Å². The first-order valence-electron chi connectivity index (χ1n) is 2.64. The zero-order valence-electron chi connectivity index (χ0n) is 5.27. The van der Waals surface area contributed by atoms with Gasteiger partial charge < -0.3 is 5.21 Å². The summed E-state index contributed by atoms with van der Waals surface area (Å²) in [6, 6.07) is 3.97. The number of pyridine rings is 1. The Morgan fingerprint density at radius 1 is 1.45 bits per heavy atom. The van der Waals surface area contributed by atoms with Crippen LogP contribution in [0.3, 0.4) is 0 Å². The zero-order valence-corrected chi connectivity index (χ0v) is 6.84. The average Bonchev–Trinajstić information content (AvgIpc) is 1.86. The first kappa shape index (κ1) is 8.29. The minimum absolute atomic E-state index is 0.197. The van der Waals surface area contributed by atoms with E-state index >= 15 is 0 Å². The Kier molecular flexibility index (Phi) is 2.01. The number of halogens is 1. The topological polar surface area (TPSA) is 61.1 Å². The summed E-state index contributed by atoms with van der Waals surface area (Å²) < 4.78 is 21.4. The summed E-state index contributed by atoms with van der Waals surface area (Å²) in [6.07, 6.45) is 1.06. The van der Waals surface area contributed by atoms with Crippen molar-refractivity contribution in [2.75, 3.05) is 0 Å². The van der Waals surface area contributed by atoms with E-state index < -0.39 is 14.1 Å². The number of hydrogen-bond donors (Lipinski definition) is 0. The normalized spacial score (nSPS) is 11.4. The van der Waals surface area contributed by atoms with E-state index in [1.807, 2.05) is 0 Å². The molecule has 0 bridgehead atoms. The Bertz CT molecular complexity index is 362. The van der Waals surface area contributed by atoms with Gasteiger partial charge in [0.25, 0.3) is 0 Å². The molecule has 0 aliphatic carbocycles. The SMILES string of the molecule is O=S(=O)(Cl)c1cccc[n+]1[O-]. The van der Waals surface area contributed by atoms with Crippen LogP contribution in [0.1, 0.15) is 0 Å². The van der Waals surface area contributed by atoms with Crippen LogP contribution < -0.4 is 4.73 Å². The highest BCUT2D eigenvalue weighted by Gasteiger charge is 2.18. The maximum Gasteiger partial charge on any atom is 0.323 e. The van der Waals surface area contributed by atoms with Gasteiger partial charge in [-0.15, -0.1) is 0 Å². The van der Waals surface area contributed by atoms with Gasteiger partial charge in [-0.05, 0) is 6.07 Å². The van der Waals surface area contributed by atoms with Crippen LogP contribution in [0.25, 0.3) is 0 Å². The molecule has 0 saturated carbocycles. The fraction of sp³-hybridized carbons (Fsp3) is 0. The molecule has 0 unspecified atom stereocenters. The molecule has 0 aromatic carbocycles. The Labute approximate surface area is 68.0 Å². The molecule has 1 aromatic rings. The second kappa shape index (κ2) is 2.67. The third-order valence-corrected chi connectivity index (χ3v) is 2.33. The summed E-state index contributed by atoms with van der Waals surface area (Å²) in [6.45, 7) is 0. The van der Waals surface area contributed by atoms with E-state index in [-0.39, 0.29) is 4.73 Å². The standard InChI is InChI=1S/C5H4ClNO3S/c6-11(9,10)5-3-1-2-4-7(5)8/h1-4H. The second-order valence-electron chi connectivity index (χ2n) is 1.80. The van der Waals surface area contributed by atoms with Crippen LogP contribution in [0.15, 0.2) is 29.4 Å². The molecule has 1 rings (SSSR count). The molecule has 60 valence electrons. The molecule has 0 spiro atoms. The predicted molar refractivity (Wildman–Crippen MR) is 38.4 cm³/mol. The molecule has 0 aliphatic heterocycles. The molecule has 1 heterocycles. The number of nitrogens with zero attached hydrogens (tertiary/aromatic N) is 1. The molecule has 4 nitrogen and oxygen atoms in total. The van der Waals surface area contributed by atoms with Gasteiger partial charge in [-0.3, -0.25) is 0 Å². The molecule has 0 aliphatic rings. The van der Waals surface area contributed by atoms with Crippen molar-refractivity contribution in [3.8, 4) is 0 Å². The maximum atomic E-state index is 10.7. The molecule has 0 fully saturated rings. The quantitative estimate of drug-likeness (QED) is 0.365. The number of rotatable bonds is 1. The lowest BCUT2D eigenvalue weighted by atomic mass is 10.5. The van der Waals surface area contributed by atoms with E-state index in [1.54, 1.807) is 0 Å². The van der Waals surface area contributed by atoms with Gasteiger partial charge in [0, 0.05) is 22.8 Å². The van der Waals surface area contributed by atoms with Crippen molar-refractivity contribution in [3.05, 3.63) is 29.6 Å². The second-order valence-corrected chi connectivity index (χ2v) is 4.32. The lowest BCUT2D eigenvalue weighted by Gasteiger charge is -1.97. The van der Waals surface area contributed by atoms with Gasteiger partial charge in [0.15, 0.2) is 6.20 Å². The van der Waals surface area contributed by atoms with E-state index in [0.717, 1.165) is 12.3 Å². The lowest BCUT2D eigenvalue weighted by Crippen LogP contribution is -2.31. The van der Waals surface area contributed by atoms with E-state index in [0.29, 0.717) is 0 Å². The van der Waals surface area contributed by atoms with E-state index in [2.05, 4.69) is 0 Å². The van der Waals surface area contributed by atoms with Crippen molar-refractivity contribution in [1.29, 1.82) is 0 Å². The van der Waals surface area contributed by atoms with Crippen molar-refractivity contribution in [2.24, 2.45) is 0 Å². The van der Waals surface area contributed by atoms with Crippen LogP contribution >= 0.6 is 10.7 Å². The summed E-state index contributed by atoms with van der Waals surface area (Å²) in [7, 11) is 1.00. The Hall–Kier alpha value is -0.810. The monoisotopic (exact) mass is 193 g/mol. The molecule has 1 aromatic heterocycles. The highest BCUT2D eigenvalue weighted by atomic mass is 35.7. The fourth-order valence-electron chi connectivity index (χ4n) is 0.601. The minimum Gasteiger partial charge on any atom is -0.618 e. The third-order valence-electron chi connectivity index (χ3n) is 1.04. The Morgan fingerprint density at radius 3 is 2.45 bits per heavy atom.